The summed E-state index contributed by atoms with van der Waals surface area (Å²) in [7, 11) is 0. The fourth-order valence-corrected chi connectivity index (χ4v) is 4.81. The first-order chi connectivity index (χ1) is 16.8. The van der Waals surface area contributed by atoms with E-state index in [0.29, 0.717) is 26.8 Å². The molecule has 4 rings (SSSR count). The van der Waals surface area contributed by atoms with E-state index in [9.17, 15) is 22.1 Å². The number of nitrogens with one attached hydrogen (secondary N) is 1. The zero-order chi connectivity index (χ0) is 26.3. The maximum absolute atomic E-state index is 14.6. The van der Waals surface area contributed by atoms with Gasteiger partial charge < -0.3 is 9.08 Å². The van der Waals surface area contributed by atoms with Crippen LogP contribution in [0.15, 0.2) is 63.7 Å². The minimum Gasteiger partial charge on any atom is -0.598 e. The summed E-state index contributed by atoms with van der Waals surface area (Å²) in [6.07, 6.45) is -4.47. The summed E-state index contributed by atoms with van der Waals surface area (Å²) >= 11 is 1.73. The first kappa shape index (κ1) is 26.6. The average Bonchev–Trinajstić information content (AvgIpc) is 3.23. The van der Waals surface area contributed by atoms with E-state index < -0.39 is 39.7 Å². The van der Waals surface area contributed by atoms with E-state index in [-0.39, 0.29) is 17.7 Å². The van der Waals surface area contributed by atoms with Crippen molar-refractivity contribution in [1.82, 2.24) is 14.9 Å². The Balaban J connectivity index is 1.82. The van der Waals surface area contributed by atoms with Crippen LogP contribution < -0.4 is 4.72 Å². The Hall–Kier alpha value is -2.47. The average molecular weight is 584 g/mol. The third-order valence-corrected chi connectivity index (χ3v) is 7.53. The van der Waals surface area contributed by atoms with E-state index >= 15 is 0 Å². The Bertz CT molecular complexity index is 1390. The van der Waals surface area contributed by atoms with Gasteiger partial charge in [0, 0.05) is 28.7 Å². The lowest BCUT2D eigenvalue weighted by atomic mass is 9.94. The first-order valence-electron chi connectivity index (χ1n) is 10.9. The van der Waals surface area contributed by atoms with Crippen LogP contribution in [-0.2, 0) is 24.0 Å². The van der Waals surface area contributed by atoms with Crippen LogP contribution >= 0.6 is 15.9 Å². The molecule has 1 unspecified atom stereocenters. The lowest BCUT2D eigenvalue weighted by molar-refractivity contribution is -0.137. The van der Waals surface area contributed by atoms with Gasteiger partial charge in [-0.05, 0) is 72.6 Å². The summed E-state index contributed by atoms with van der Waals surface area (Å²) in [6.45, 7) is 5.42. The minimum atomic E-state index is -4.52. The molecular weight excluding hydrogens is 562 g/mol. The van der Waals surface area contributed by atoms with Gasteiger partial charge in [-0.3, -0.25) is 0 Å². The van der Waals surface area contributed by atoms with E-state index in [4.69, 9.17) is 4.52 Å². The van der Waals surface area contributed by atoms with Crippen molar-refractivity contribution in [2.75, 3.05) is 0 Å². The Morgan fingerprint density at radius 3 is 2.50 bits per heavy atom. The number of aromatic nitrogens is 2. The molecule has 0 saturated carbocycles. The largest absolute Gasteiger partial charge is 0.598 e. The van der Waals surface area contributed by atoms with Crippen LogP contribution in [0, 0.1) is 5.82 Å². The van der Waals surface area contributed by atoms with E-state index in [2.05, 4.69) is 30.8 Å². The van der Waals surface area contributed by atoms with Gasteiger partial charge in [0.15, 0.2) is 5.58 Å². The summed E-state index contributed by atoms with van der Waals surface area (Å²) in [5, 5.41) is 4.44. The van der Waals surface area contributed by atoms with Crippen molar-refractivity contribution in [2.45, 2.75) is 44.2 Å². The van der Waals surface area contributed by atoms with Gasteiger partial charge in [0.1, 0.15) is 20.9 Å². The summed E-state index contributed by atoms with van der Waals surface area (Å²) in [5.74, 6) is -0.518. The molecule has 0 amide bonds. The molecule has 4 aromatic rings. The zero-order valence-corrected chi connectivity index (χ0v) is 21.9. The van der Waals surface area contributed by atoms with Crippen LogP contribution in [0.4, 0.5) is 17.6 Å². The van der Waals surface area contributed by atoms with Gasteiger partial charge in [-0.15, -0.1) is 4.72 Å². The van der Waals surface area contributed by atoms with Crippen molar-refractivity contribution in [2.24, 2.45) is 0 Å². The molecule has 190 valence electrons. The van der Waals surface area contributed by atoms with E-state index in [0.717, 1.165) is 12.1 Å². The van der Waals surface area contributed by atoms with Crippen LogP contribution in [-0.4, -0.2) is 19.4 Å². The van der Waals surface area contributed by atoms with Crippen LogP contribution in [0.2, 0.25) is 0 Å². The first-order valence-corrected chi connectivity index (χ1v) is 12.8. The molecule has 5 nitrogen and oxygen atoms in total. The maximum Gasteiger partial charge on any atom is 0.416 e. The molecule has 2 aromatic carbocycles. The SMILES string of the molecule is CC(C)(C)[S+]([O-])N[C@@H](Cc1nc(Br)ccc1F)c1ccccc1-c1noc2cc(C(F)(F)F)ccc12. The predicted molar refractivity (Wildman–Crippen MR) is 134 cm³/mol. The molecule has 0 fully saturated rings. The van der Waals surface area contributed by atoms with Crippen molar-refractivity contribution in [3.63, 3.8) is 0 Å². The monoisotopic (exact) mass is 583 g/mol. The topological polar surface area (TPSA) is 74.0 Å². The second kappa shape index (κ2) is 10.1. The van der Waals surface area contributed by atoms with Crippen molar-refractivity contribution in [1.29, 1.82) is 0 Å². The van der Waals surface area contributed by atoms with Gasteiger partial charge in [0.2, 0.25) is 0 Å². The number of benzene rings is 2. The Labute approximate surface area is 216 Å². The van der Waals surface area contributed by atoms with Crippen LogP contribution in [0.1, 0.15) is 43.6 Å². The molecule has 2 aromatic heterocycles. The number of halogens is 5. The van der Waals surface area contributed by atoms with Crippen molar-refractivity contribution < 1.29 is 26.6 Å². The normalized spacial score (nSPS) is 14.2. The second-order valence-corrected chi connectivity index (χ2v) is 12.0. The Morgan fingerprint density at radius 1 is 1.08 bits per heavy atom. The molecule has 0 aliphatic rings. The number of alkyl halides is 3. The van der Waals surface area contributed by atoms with Crippen molar-refractivity contribution in [3.8, 4) is 11.3 Å². The highest BCUT2D eigenvalue weighted by atomic mass is 79.9. The number of fused-ring (bicyclic) bond motifs is 1. The quantitative estimate of drug-likeness (QED) is 0.148. The zero-order valence-electron chi connectivity index (χ0n) is 19.5. The summed E-state index contributed by atoms with van der Waals surface area (Å²) in [6, 6.07) is 12.3. The van der Waals surface area contributed by atoms with Crippen LogP contribution in [0.3, 0.4) is 0 Å². The number of hydrogen-bond donors (Lipinski definition) is 1. The van der Waals surface area contributed by atoms with E-state index in [1.807, 2.05) is 0 Å². The molecule has 0 saturated heterocycles. The molecule has 0 radical (unpaired) electrons. The molecule has 0 aliphatic carbocycles. The Kier molecular flexibility index (Phi) is 7.47. The molecule has 2 atom stereocenters. The summed E-state index contributed by atoms with van der Waals surface area (Å²) < 4.78 is 75.4. The molecule has 11 heteroatoms. The number of hydrogen-bond acceptors (Lipinski definition) is 5. The van der Waals surface area contributed by atoms with E-state index in [1.165, 1.54) is 18.2 Å². The third-order valence-electron chi connectivity index (χ3n) is 5.48. The molecule has 36 heavy (non-hydrogen) atoms. The number of rotatable bonds is 6. The lowest BCUT2D eigenvalue weighted by Gasteiger charge is -2.29. The summed E-state index contributed by atoms with van der Waals surface area (Å²) in [4.78, 5) is 4.24. The van der Waals surface area contributed by atoms with Gasteiger partial charge in [0.25, 0.3) is 0 Å². The van der Waals surface area contributed by atoms with Gasteiger partial charge in [-0.2, -0.15) is 13.2 Å². The van der Waals surface area contributed by atoms with Crippen molar-refractivity contribution in [3.05, 3.63) is 81.8 Å². The fraction of sp³-hybridized carbons (Fsp3) is 0.280. The molecule has 0 bridgehead atoms. The molecule has 0 aliphatic heterocycles. The predicted octanol–water partition coefficient (Wildman–Crippen LogP) is 7.15. The lowest BCUT2D eigenvalue weighted by Crippen LogP contribution is -2.42. The number of nitrogens with zero attached hydrogens (tertiary/aromatic N) is 2. The highest BCUT2D eigenvalue weighted by Gasteiger charge is 2.33. The smallest absolute Gasteiger partial charge is 0.416 e. The van der Waals surface area contributed by atoms with Gasteiger partial charge >= 0.3 is 6.18 Å². The van der Waals surface area contributed by atoms with E-state index in [1.54, 1.807) is 45.0 Å². The molecule has 2 heterocycles. The molecule has 0 spiro atoms. The molecular formula is C25H22BrF4N3O2S. The van der Waals surface area contributed by atoms with Gasteiger partial charge in [0.05, 0.1) is 17.3 Å². The Morgan fingerprint density at radius 2 is 1.81 bits per heavy atom. The maximum atomic E-state index is 14.6. The van der Waals surface area contributed by atoms with Crippen LogP contribution in [0.5, 0.6) is 0 Å². The highest BCUT2D eigenvalue weighted by molar-refractivity contribution is 9.10. The van der Waals surface area contributed by atoms with Gasteiger partial charge in [-0.25, -0.2) is 9.37 Å². The van der Waals surface area contributed by atoms with Gasteiger partial charge in [-0.1, -0.05) is 29.4 Å². The fourth-order valence-electron chi connectivity index (χ4n) is 3.64. The van der Waals surface area contributed by atoms with Crippen molar-refractivity contribution >= 4 is 38.3 Å². The molecule has 1 N–H and O–H groups in total. The minimum absolute atomic E-state index is 0.0166. The standard InChI is InChI=1S/C25H22BrF4N3O2S/c1-24(2,3)36(34)33-19(13-20-18(27)10-11-22(26)31-20)15-6-4-5-7-16(15)23-17-9-8-14(25(28,29)30)12-21(17)35-32-23/h4-12,19,33H,13H2,1-3H3/t19-,36?/m0/s1. The van der Waals surface area contributed by atoms with Crippen LogP contribution in [0.25, 0.3) is 22.2 Å². The summed E-state index contributed by atoms with van der Waals surface area (Å²) in [5.41, 5.74) is 0.786. The number of pyridine rings is 1. The third kappa shape index (κ3) is 5.74. The second-order valence-electron chi connectivity index (χ2n) is 9.15. The highest BCUT2D eigenvalue weighted by Crippen LogP contribution is 2.38.